The highest BCUT2D eigenvalue weighted by molar-refractivity contribution is 5.82. The van der Waals surface area contributed by atoms with Crippen molar-refractivity contribution >= 4 is 11.6 Å². The first-order valence-electron chi connectivity index (χ1n) is 52.4. The first kappa shape index (κ1) is 115. The molecule has 12 rings (SSSR count). The Bertz CT molecular complexity index is 5010. The minimum Gasteiger partial charge on any atom is -0.489 e. The van der Waals surface area contributed by atoms with E-state index in [1.54, 1.807) is 0 Å². The fraction of sp³-hybridized carbons (Fsp3) is 0.379. The summed E-state index contributed by atoms with van der Waals surface area (Å²) in [5, 5.41) is 0. The highest BCUT2D eigenvalue weighted by atomic mass is 16.5. The van der Waals surface area contributed by atoms with Crippen LogP contribution in [0.4, 0.5) is 0 Å². The number of unbranched alkanes of at least 4 members (excludes halogenated alkanes) is 4. The van der Waals surface area contributed by atoms with Crippen molar-refractivity contribution in [3.8, 4) is 34.5 Å². The summed E-state index contributed by atoms with van der Waals surface area (Å²) in [4.78, 5) is 24.5. The second-order valence-electron chi connectivity index (χ2n) is 37.6. The van der Waals surface area contributed by atoms with Crippen LogP contribution in [0.5, 0.6) is 34.5 Å². The smallest absolute Gasteiger partial charge is 0.136 e. The monoisotopic (exact) mass is 1880 g/mol. The van der Waals surface area contributed by atoms with Gasteiger partial charge in [-0.05, 0) is 214 Å². The molecule has 0 bridgehead atoms. The second kappa shape index (κ2) is 67.9. The third-order valence-electron chi connectivity index (χ3n) is 26.7. The van der Waals surface area contributed by atoms with Crippen LogP contribution in [0.3, 0.4) is 0 Å². The molecule has 12 aromatic carbocycles. The quantitative estimate of drug-likeness (QED) is 0.0348. The molecule has 0 aromatic heterocycles. The zero-order valence-electron chi connectivity index (χ0n) is 87.5. The Kier molecular flexibility index (Phi) is 55.7. The van der Waals surface area contributed by atoms with E-state index in [1.165, 1.54) is 134 Å². The maximum Gasteiger partial charge on any atom is 0.136 e. The standard InChI is InChI=1S/2C22H26O2.2C22H30O.2C22H28O/c2*1-4-10-22(23)17(3)21(5-2)19-13-9-14-20(15-19)24-16-18-11-7-6-8-12-18;4*1-4-6-11-18(3)22(5-2)20-14-10-15-21(16-20)23-17-19-12-8-7-9-13-19/h2*5-9,11-15,17,21H,2,4,10,16H2,1,3H3;2*7-10,12-16,18,22H,4-6,11,17H2,1-3H3;2*5,7-10,12-16,18,22H,2,4,6,11,17H2,1,3H3/t17-,21-;;18-,22+;;18-,22+;/m1.0.0./s1. The summed E-state index contributed by atoms with van der Waals surface area (Å²) in [5.74, 6) is 10.6. The summed E-state index contributed by atoms with van der Waals surface area (Å²) in [7, 11) is 0. The number of hydrogen-bond donors (Lipinski definition) is 0. The minimum absolute atomic E-state index is 0.0179. The Balaban J connectivity index is 0.000000228. The molecule has 0 aliphatic rings. The second-order valence-corrected chi connectivity index (χ2v) is 37.6. The van der Waals surface area contributed by atoms with Crippen LogP contribution in [0.25, 0.3) is 0 Å². The van der Waals surface area contributed by atoms with Crippen LogP contribution in [-0.2, 0) is 49.2 Å². The van der Waals surface area contributed by atoms with Gasteiger partial charge in [0, 0.05) is 48.3 Å². The number of hydrogen-bond acceptors (Lipinski definition) is 8. The Labute approximate surface area is 846 Å². The highest BCUT2D eigenvalue weighted by Gasteiger charge is 2.26. The minimum atomic E-state index is -0.0631. The maximum atomic E-state index is 12.2. The molecule has 0 saturated heterocycles. The lowest BCUT2D eigenvalue weighted by Crippen LogP contribution is -2.18. The number of benzene rings is 12. The molecule has 0 fully saturated rings. The Morgan fingerprint density at radius 1 is 0.236 bits per heavy atom. The van der Waals surface area contributed by atoms with Crippen LogP contribution in [0.1, 0.15) is 315 Å². The average molecular weight is 1880 g/mol. The van der Waals surface area contributed by atoms with Crippen molar-refractivity contribution in [2.75, 3.05) is 0 Å². The Morgan fingerprint density at radius 3 is 0.621 bits per heavy atom. The maximum absolute atomic E-state index is 12.2. The first-order valence-corrected chi connectivity index (χ1v) is 52.4. The van der Waals surface area contributed by atoms with Crippen LogP contribution in [0.15, 0.2) is 378 Å². The van der Waals surface area contributed by atoms with Gasteiger partial charge < -0.3 is 28.4 Å². The molecular formula is C132H168O8. The molecule has 12 atom stereocenters. The highest BCUT2D eigenvalue weighted by Crippen LogP contribution is 2.39. The molecule has 0 saturated carbocycles. The number of ether oxygens (including phenoxy) is 6. The molecule has 6 unspecified atom stereocenters. The predicted octanol–water partition coefficient (Wildman–Crippen LogP) is 37.0. The number of carbonyl (C=O) groups excluding carboxylic acids is 2. The van der Waals surface area contributed by atoms with E-state index in [1.807, 2.05) is 210 Å². The van der Waals surface area contributed by atoms with Gasteiger partial charge >= 0.3 is 0 Å². The molecule has 8 nitrogen and oxygen atoms in total. The zero-order valence-corrected chi connectivity index (χ0v) is 87.5. The van der Waals surface area contributed by atoms with Crippen molar-refractivity contribution in [1.82, 2.24) is 0 Å². The number of rotatable bonds is 54. The zero-order chi connectivity index (χ0) is 101. The molecule has 0 heterocycles. The molecule has 0 aliphatic heterocycles. The van der Waals surface area contributed by atoms with E-state index < -0.39 is 0 Å². The molecule has 0 amide bonds. The molecule has 0 radical (unpaired) electrons. The Morgan fingerprint density at radius 2 is 0.429 bits per heavy atom. The van der Waals surface area contributed by atoms with Crippen molar-refractivity contribution in [2.24, 2.45) is 35.5 Å². The van der Waals surface area contributed by atoms with E-state index in [2.05, 4.69) is 265 Å². The van der Waals surface area contributed by atoms with Gasteiger partial charge in [0.15, 0.2) is 0 Å². The molecule has 0 spiro atoms. The Hall–Kier alpha value is -12.3. The normalized spacial score (nSPS) is 13.3. The van der Waals surface area contributed by atoms with Gasteiger partial charge in [-0.15, -0.1) is 26.3 Å². The van der Waals surface area contributed by atoms with E-state index in [9.17, 15) is 9.59 Å². The molecule has 0 aliphatic carbocycles. The summed E-state index contributed by atoms with van der Waals surface area (Å²) >= 11 is 0. The van der Waals surface area contributed by atoms with Crippen molar-refractivity contribution < 1.29 is 38.0 Å². The molecular weight excluding hydrogens is 1710 g/mol. The molecule has 140 heavy (non-hydrogen) atoms. The predicted molar refractivity (Wildman–Crippen MR) is 594 cm³/mol. The fourth-order valence-electron chi connectivity index (χ4n) is 18.2. The summed E-state index contributed by atoms with van der Waals surface area (Å²) in [6.07, 6.45) is 28.6. The third kappa shape index (κ3) is 42.0. The van der Waals surface area contributed by atoms with Crippen LogP contribution in [0, 0.1) is 35.5 Å². The van der Waals surface area contributed by atoms with Crippen LogP contribution in [0.2, 0.25) is 0 Å². The summed E-state index contributed by atoms with van der Waals surface area (Å²) in [6.45, 7) is 50.6. The molecule has 12 aromatic rings. The SMILES string of the molecule is C=CC(c1cccc(OCc2ccccc2)c1)C(C)C(=O)CCC.C=CC(c1cccc(OCc2ccccc2)c1)C(C)CCCC.C=C[C@@H](c1cccc(OCc2ccccc2)c1)[C@@H](C)C(=O)CCC.C=C[C@@H](c1cccc(OCc2ccccc2)c1)[C@@H](C)CCCC.CCCCC(C)C(CC)c1cccc(OCc2ccccc2)c1.CCCC[C@H](C)[C@@H](CC)c1cccc(OCc2ccccc2)c1. The molecule has 744 valence electrons. The number of allylic oxidation sites excluding steroid dienone is 4. The van der Waals surface area contributed by atoms with Gasteiger partial charge in [0.1, 0.15) is 85.7 Å². The lowest BCUT2D eigenvalue weighted by molar-refractivity contribution is -0.123. The van der Waals surface area contributed by atoms with E-state index >= 15 is 0 Å². The number of carbonyl (C=O) groups is 2. The van der Waals surface area contributed by atoms with Gasteiger partial charge in [-0.25, -0.2) is 0 Å². The third-order valence-corrected chi connectivity index (χ3v) is 26.7. The van der Waals surface area contributed by atoms with E-state index in [4.69, 9.17) is 28.4 Å². The number of ketones is 2. The van der Waals surface area contributed by atoms with E-state index in [0.717, 1.165) is 81.4 Å². The summed E-state index contributed by atoms with van der Waals surface area (Å²) in [5.41, 5.74) is 14.7. The van der Waals surface area contributed by atoms with Crippen LogP contribution >= 0.6 is 0 Å². The van der Waals surface area contributed by atoms with E-state index in [0.29, 0.717) is 88.0 Å². The van der Waals surface area contributed by atoms with Gasteiger partial charge in [0.2, 0.25) is 0 Å². The van der Waals surface area contributed by atoms with Crippen molar-refractivity contribution in [1.29, 1.82) is 0 Å². The topological polar surface area (TPSA) is 89.5 Å². The average Bonchev–Trinajstić information content (AvgIpc) is 0.842. The van der Waals surface area contributed by atoms with Gasteiger partial charge in [-0.2, -0.15) is 0 Å². The van der Waals surface area contributed by atoms with Gasteiger partial charge in [-0.3, -0.25) is 9.59 Å². The summed E-state index contributed by atoms with van der Waals surface area (Å²) in [6, 6.07) is 112. The van der Waals surface area contributed by atoms with Crippen LogP contribution in [-0.4, -0.2) is 11.6 Å². The fourth-order valence-corrected chi connectivity index (χ4v) is 18.2. The van der Waals surface area contributed by atoms with E-state index in [-0.39, 0.29) is 35.2 Å². The number of Topliss-reactive ketones (excluding diaryl/α,β-unsaturated/α-hetero) is 2. The lowest BCUT2D eigenvalue weighted by atomic mass is 9.82. The first-order chi connectivity index (χ1) is 68.3. The molecule has 8 heteroatoms. The lowest BCUT2D eigenvalue weighted by Gasteiger charge is -2.23. The van der Waals surface area contributed by atoms with Crippen molar-refractivity contribution in [3.63, 3.8) is 0 Å². The van der Waals surface area contributed by atoms with Crippen molar-refractivity contribution in [2.45, 2.75) is 288 Å². The van der Waals surface area contributed by atoms with Crippen molar-refractivity contribution in [3.05, 3.63) is 445 Å². The van der Waals surface area contributed by atoms with Gasteiger partial charge in [0.25, 0.3) is 0 Å². The molecule has 0 N–H and O–H groups in total. The van der Waals surface area contributed by atoms with Crippen LogP contribution < -0.4 is 28.4 Å². The van der Waals surface area contributed by atoms with Gasteiger partial charge in [0.05, 0.1) is 0 Å². The summed E-state index contributed by atoms with van der Waals surface area (Å²) < 4.78 is 35.7. The largest absolute Gasteiger partial charge is 0.489 e. The van der Waals surface area contributed by atoms with Gasteiger partial charge in [-0.1, -0.05) is 440 Å².